The molecule has 116 valence electrons. The normalized spacial score (nSPS) is 25.4. The van der Waals surface area contributed by atoms with Crippen molar-refractivity contribution in [2.45, 2.75) is 46.1 Å². The summed E-state index contributed by atoms with van der Waals surface area (Å²) in [6.07, 6.45) is 3.42. The first-order valence-electron chi connectivity index (χ1n) is 7.79. The Kier molecular flexibility index (Phi) is 5.10. The van der Waals surface area contributed by atoms with Gasteiger partial charge in [0.2, 0.25) is 0 Å². The molecule has 3 atom stereocenters. The first-order valence-corrected chi connectivity index (χ1v) is 7.79. The zero-order valence-corrected chi connectivity index (χ0v) is 13.1. The maximum absolute atomic E-state index is 12.3. The van der Waals surface area contributed by atoms with E-state index in [1.54, 1.807) is 12.1 Å². The van der Waals surface area contributed by atoms with Crippen LogP contribution in [0, 0.1) is 11.8 Å². The SMILES string of the molecule is CCOc1ccc(C(=O)NC2CCCC(C)C2C)cc1O. The summed E-state index contributed by atoms with van der Waals surface area (Å²) in [6.45, 7) is 6.78. The zero-order chi connectivity index (χ0) is 15.4. The van der Waals surface area contributed by atoms with E-state index in [1.165, 1.54) is 12.5 Å². The van der Waals surface area contributed by atoms with Crippen LogP contribution in [0.1, 0.15) is 50.4 Å². The van der Waals surface area contributed by atoms with Gasteiger partial charge in [0, 0.05) is 11.6 Å². The Bertz CT molecular complexity index is 501. The zero-order valence-electron chi connectivity index (χ0n) is 13.1. The molecule has 1 aromatic carbocycles. The predicted molar refractivity (Wildman–Crippen MR) is 82.7 cm³/mol. The van der Waals surface area contributed by atoms with Gasteiger partial charge in [0.05, 0.1) is 6.61 Å². The fraction of sp³-hybridized carbons (Fsp3) is 0.588. The summed E-state index contributed by atoms with van der Waals surface area (Å²) in [5, 5.41) is 13.0. The van der Waals surface area contributed by atoms with Crippen molar-refractivity contribution in [1.29, 1.82) is 0 Å². The van der Waals surface area contributed by atoms with Crippen LogP contribution < -0.4 is 10.1 Å². The van der Waals surface area contributed by atoms with Crippen LogP contribution in [-0.4, -0.2) is 23.7 Å². The molecular formula is C17H25NO3. The molecule has 1 amide bonds. The lowest BCUT2D eigenvalue weighted by Gasteiger charge is -2.34. The predicted octanol–water partition coefficient (Wildman–Crippen LogP) is 3.35. The van der Waals surface area contributed by atoms with E-state index in [9.17, 15) is 9.90 Å². The summed E-state index contributed by atoms with van der Waals surface area (Å²) >= 11 is 0. The highest BCUT2D eigenvalue weighted by Crippen LogP contribution is 2.30. The number of benzene rings is 1. The third-order valence-corrected chi connectivity index (χ3v) is 4.54. The minimum Gasteiger partial charge on any atom is -0.504 e. The van der Waals surface area contributed by atoms with Gasteiger partial charge in [-0.25, -0.2) is 0 Å². The van der Waals surface area contributed by atoms with Crippen molar-refractivity contribution >= 4 is 5.91 Å². The van der Waals surface area contributed by atoms with Crippen LogP contribution in [-0.2, 0) is 0 Å². The Labute approximate surface area is 126 Å². The molecule has 1 fully saturated rings. The Morgan fingerprint density at radius 3 is 2.81 bits per heavy atom. The van der Waals surface area contributed by atoms with Crippen molar-refractivity contribution in [2.75, 3.05) is 6.61 Å². The number of ether oxygens (including phenoxy) is 1. The molecule has 2 rings (SSSR count). The van der Waals surface area contributed by atoms with E-state index in [2.05, 4.69) is 19.2 Å². The standard InChI is InChI=1S/C17H25NO3/c1-4-21-16-9-8-13(10-15(16)19)17(20)18-14-7-5-6-11(2)12(14)3/h8-12,14,19H,4-7H2,1-3H3,(H,18,20). The van der Waals surface area contributed by atoms with Gasteiger partial charge in [-0.2, -0.15) is 0 Å². The highest BCUT2D eigenvalue weighted by Gasteiger charge is 2.28. The van der Waals surface area contributed by atoms with Crippen LogP contribution in [0.3, 0.4) is 0 Å². The average Bonchev–Trinajstić information content (AvgIpc) is 2.46. The van der Waals surface area contributed by atoms with E-state index in [1.807, 2.05) is 6.92 Å². The first-order chi connectivity index (χ1) is 10.0. The van der Waals surface area contributed by atoms with Gasteiger partial charge in [0.15, 0.2) is 11.5 Å². The van der Waals surface area contributed by atoms with Crippen molar-refractivity contribution in [3.05, 3.63) is 23.8 Å². The number of hydrogen-bond acceptors (Lipinski definition) is 3. The van der Waals surface area contributed by atoms with E-state index >= 15 is 0 Å². The van der Waals surface area contributed by atoms with E-state index in [0.717, 1.165) is 12.8 Å². The van der Waals surface area contributed by atoms with Gasteiger partial charge in [0.1, 0.15) is 0 Å². The van der Waals surface area contributed by atoms with E-state index in [-0.39, 0.29) is 17.7 Å². The van der Waals surface area contributed by atoms with Crippen molar-refractivity contribution in [1.82, 2.24) is 5.32 Å². The Hall–Kier alpha value is -1.71. The minimum atomic E-state index is -0.126. The van der Waals surface area contributed by atoms with Crippen LogP contribution >= 0.6 is 0 Å². The lowest BCUT2D eigenvalue weighted by Crippen LogP contribution is -2.43. The number of carbonyl (C=O) groups is 1. The number of carbonyl (C=O) groups excluding carboxylic acids is 1. The molecule has 0 radical (unpaired) electrons. The van der Waals surface area contributed by atoms with Crippen molar-refractivity contribution < 1.29 is 14.6 Å². The molecule has 1 aliphatic carbocycles. The molecule has 0 heterocycles. The maximum Gasteiger partial charge on any atom is 0.251 e. The number of amides is 1. The summed E-state index contributed by atoms with van der Waals surface area (Å²) in [6, 6.07) is 5.02. The largest absolute Gasteiger partial charge is 0.504 e. The number of nitrogens with one attached hydrogen (secondary N) is 1. The smallest absolute Gasteiger partial charge is 0.251 e. The highest BCUT2D eigenvalue weighted by atomic mass is 16.5. The first kappa shape index (κ1) is 15.7. The van der Waals surface area contributed by atoms with Crippen LogP contribution in [0.5, 0.6) is 11.5 Å². The molecule has 4 heteroatoms. The molecule has 0 aliphatic heterocycles. The third kappa shape index (κ3) is 3.69. The Morgan fingerprint density at radius 1 is 1.38 bits per heavy atom. The van der Waals surface area contributed by atoms with Gasteiger partial charge in [-0.15, -0.1) is 0 Å². The van der Waals surface area contributed by atoms with Gasteiger partial charge in [-0.05, 0) is 43.4 Å². The van der Waals surface area contributed by atoms with Gasteiger partial charge < -0.3 is 15.2 Å². The monoisotopic (exact) mass is 291 g/mol. The van der Waals surface area contributed by atoms with Gasteiger partial charge >= 0.3 is 0 Å². The Morgan fingerprint density at radius 2 is 2.14 bits per heavy atom. The Balaban J connectivity index is 2.04. The third-order valence-electron chi connectivity index (χ3n) is 4.54. The molecule has 0 saturated heterocycles. The van der Waals surface area contributed by atoms with Crippen LogP contribution in [0.15, 0.2) is 18.2 Å². The van der Waals surface area contributed by atoms with E-state index in [0.29, 0.717) is 29.8 Å². The number of rotatable bonds is 4. The molecule has 4 nitrogen and oxygen atoms in total. The van der Waals surface area contributed by atoms with Gasteiger partial charge in [-0.3, -0.25) is 4.79 Å². The molecule has 2 N–H and O–H groups in total. The molecular weight excluding hydrogens is 266 g/mol. The molecule has 21 heavy (non-hydrogen) atoms. The van der Waals surface area contributed by atoms with Crippen molar-refractivity contribution in [2.24, 2.45) is 11.8 Å². The highest BCUT2D eigenvalue weighted by molar-refractivity contribution is 5.95. The van der Waals surface area contributed by atoms with Crippen LogP contribution in [0.25, 0.3) is 0 Å². The fourth-order valence-electron chi connectivity index (χ4n) is 2.97. The lowest BCUT2D eigenvalue weighted by molar-refractivity contribution is 0.0890. The average molecular weight is 291 g/mol. The van der Waals surface area contributed by atoms with E-state index < -0.39 is 0 Å². The molecule has 0 bridgehead atoms. The second-order valence-electron chi connectivity index (χ2n) is 5.96. The lowest BCUT2D eigenvalue weighted by atomic mass is 9.78. The van der Waals surface area contributed by atoms with Crippen LogP contribution in [0.4, 0.5) is 0 Å². The van der Waals surface area contributed by atoms with E-state index in [4.69, 9.17) is 4.74 Å². The number of phenols is 1. The maximum atomic E-state index is 12.3. The van der Waals surface area contributed by atoms with Crippen molar-refractivity contribution in [3.63, 3.8) is 0 Å². The fourth-order valence-corrected chi connectivity index (χ4v) is 2.97. The van der Waals surface area contributed by atoms with Gasteiger partial charge in [-0.1, -0.05) is 26.7 Å². The number of aromatic hydroxyl groups is 1. The quantitative estimate of drug-likeness (QED) is 0.894. The summed E-state index contributed by atoms with van der Waals surface area (Å²) in [5.74, 6) is 1.42. The molecule has 0 spiro atoms. The molecule has 1 aliphatic rings. The van der Waals surface area contributed by atoms with Crippen molar-refractivity contribution in [3.8, 4) is 11.5 Å². The molecule has 3 unspecified atom stereocenters. The molecule has 1 aromatic rings. The minimum absolute atomic E-state index is 0.00885. The molecule has 0 aromatic heterocycles. The second kappa shape index (κ2) is 6.83. The van der Waals surface area contributed by atoms with Gasteiger partial charge in [0.25, 0.3) is 5.91 Å². The van der Waals surface area contributed by atoms with Crippen LogP contribution in [0.2, 0.25) is 0 Å². The second-order valence-corrected chi connectivity index (χ2v) is 5.96. The summed E-state index contributed by atoms with van der Waals surface area (Å²) in [7, 11) is 0. The summed E-state index contributed by atoms with van der Waals surface area (Å²) in [5.41, 5.74) is 0.473. The molecule has 1 saturated carbocycles. The number of phenolic OH excluding ortho intramolecular Hbond substituents is 1. The summed E-state index contributed by atoms with van der Waals surface area (Å²) < 4.78 is 5.27. The topological polar surface area (TPSA) is 58.6 Å². The number of hydrogen-bond donors (Lipinski definition) is 2. The summed E-state index contributed by atoms with van der Waals surface area (Å²) in [4.78, 5) is 12.3.